The Morgan fingerprint density at radius 3 is 1.31 bits per heavy atom. The molecule has 0 spiro atoms. The summed E-state index contributed by atoms with van der Waals surface area (Å²) in [5.74, 6) is -51.0. The monoisotopic (exact) mass is 1880 g/mol. The van der Waals surface area contributed by atoms with Gasteiger partial charge in [0.05, 0.1) is 57.8 Å². The van der Waals surface area contributed by atoms with Crippen LogP contribution >= 0.6 is 0 Å². The van der Waals surface area contributed by atoms with Crippen molar-refractivity contribution in [2.75, 3.05) is 6.61 Å². The first-order valence-electron chi connectivity index (χ1n) is 38.2. The molecule has 704 valence electrons. The summed E-state index contributed by atoms with van der Waals surface area (Å²) in [6, 6.07) is 9.06. The second-order valence-corrected chi connectivity index (χ2v) is 29.7. The zero-order chi connectivity index (χ0) is 97.6. The molecule has 10 aromatic carbocycles. The second-order valence-electron chi connectivity index (χ2n) is 29.7. The van der Waals surface area contributed by atoms with E-state index in [0.717, 1.165) is 37.3 Å². The van der Waals surface area contributed by atoms with Crippen LogP contribution in [-0.2, 0) is 75.2 Å². The van der Waals surface area contributed by atoms with Crippen molar-refractivity contribution in [3.05, 3.63) is 118 Å². The van der Waals surface area contributed by atoms with E-state index in [1.165, 1.54) is 6.92 Å². The number of aryl methyl sites for hydroxylation is 2. The van der Waals surface area contributed by atoms with E-state index < -0.39 is 386 Å². The highest BCUT2D eigenvalue weighted by Gasteiger charge is 2.59. The number of phenols is 29. The van der Waals surface area contributed by atoms with E-state index in [1.54, 1.807) is 0 Å². The van der Waals surface area contributed by atoms with Gasteiger partial charge in [0.25, 0.3) is 0 Å². The van der Waals surface area contributed by atoms with Crippen LogP contribution in [0.3, 0.4) is 0 Å². The summed E-state index contributed by atoms with van der Waals surface area (Å²) in [6.45, 7) is 0.727. The number of aromatic hydroxyl groups is 29. The number of hydrogen-bond donors (Lipinski definition) is 29. The molecule has 2 saturated heterocycles. The smallest absolute Gasteiger partial charge is 0.340 e. The van der Waals surface area contributed by atoms with Crippen LogP contribution in [-0.4, -0.2) is 246 Å². The maximum atomic E-state index is 14.8. The Morgan fingerprint density at radius 1 is 0.373 bits per heavy atom. The Labute approximate surface area is 741 Å². The fourth-order valence-electron chi connectivity index (χ4n) is 14.9. The van der Waals surface area contributed by atoms with Crippen LogP contribution in [0.1, 0.15) is 77.9 Å². The fraction of sp³-hybridized carbons (Fsp3) is 0.202. The lowest BCUT2D eigenvalue weighted by Crippen LogP contribution is -2.61. The van der Waals surface area contributed by atoms with Crippen LogP contribution < -0.4 is 19.1 Å². The van der Waals surface area contributed by atoms with Gasteiger partial charge in [0.15, 0.2) is 151 Å². The third-order valence-electron chi connectivity index (χ3n) is 21.3. The summed E-state index contributed by atoms with van der Waals surface area (Å²) in [5.41, 5.74) is -8.71. The Kier molecular flexibility index (Phi) is 24.3. The van der Waals surface area contributed by atoms with Gasteiger partial charge in [-0.25, -0.2) is 29.0 Å². The third kappa shape index (κ3) is 16.6. The van der Waals surface area contributed by atoms with Gasteiger partial charge in [-0.15, -0.1) is 0 Å². The zero-order valence-corrected chi connectivity index (χ0v) is 67.4. The molecule has 5 heterocycles. The largest absolute Gasteiger partial charge is 0.504 e. The lowest BCUT2D eigenvalue weighted by atomic mass is 9.84. The van der Waals surface area contributed by atoms with Gasteiger partial charge < -0.3 is 200 Å². The highest BCUT2D eigenvalue weighted by molar-refractivity contribution is 6.09. The van der Waals surface area contributed by atoms with E-state index in [1.807, 2.05) is 0 Å². The third-order valence-corrected chi connectivity index (χ3v) is 21.3. The van der Waals surface area contributed by atoms with Gasteiger partial charge in [0.1, 0.15) is 29.9 Å². The van der Waals surface area contributed by atoms with Crippen LogP contribution in [0.25, 0.3) is 33.4 Å². The molecule has 0 amide bonds. The molecule has 10 unspecified atom stereocenters. The molecule has 134 heavy (non-hydrogen) atoms. The quantitative estimate of drug-likeness (QED) is 0.0176. The molecule has 0 aliphatic carbocycles. The minimum atomic E-state index is -2.38. The van der Waals surface area contributed by atoms with Crippen molar-refractivity contribution < 1.29 is 249 Å². The number of carbonyl (C=O) groups excluding carboxylic acids is 7. The van der Waals surface area contributed by atoms with Crippen molar-refractivity contribution in [1.29, 1.82) is 0 Å². The Morgan fingerprint density at radius 2 is 0.776 bits per heavy atom. The summed E-state index contributed by atoms with van der Waals surface area (Å²) in [6.07, 6.45) is -18.6. The molecule has 50 heteroatoms. The molecule has 5 aliphatic heterocycles. The number of ether oxygens (including phenoxy) is 10. The molecule has 29 N–H and O–H groups in total. The molecular formula is C84H68O50. The molecule has 15 rings (SSSR count). The molecule has 50 nitrogen and oxygen atoms in total. The first kappa shape index (κ1) is 92.3. The van der Waals surface area contributed by atoms with E-state index in [2.05, 4.69) is 0 Å². The number of esters is 7. The van der Waals surface area contributed by atoms with E-state index in [4.69, 9.17) is 66.9 Å². The van der Waals surface area contributed by atoms with Gasteiger partial charge in [-0.3, -0.25) is 14.4 Å². The van der Waals surface area contributed by atoms with Gasteiger partial charge in [0, 0.05) is 48.2 Å². The predicted molar refractivity (Wildman–Crippen MR) is 424 cm³/mol. The van der Waals surface area contributed by atoms with Crippen LogP contribution in [0.2, 0.25) is 0 Å². The Balaban J connectivity index is 0.000000221. The molecule has 10 aromatic rings. The first-order valence-corrected chi connectivity index (χ1v) is 38.2. The number of rotatable bonds is 11. The van der Waals surface area contributed by atoms with Crippen molar-refractivity contribution in [3.8, 4) is 229 Å². The van der Waals surface area contributed by atoms with Gasteiger partial charge in [-0.2, -0.15) is 4.89 Å². The van der Waals surface area contributed by atoms with Crippen molar-refractivity contribution in [2.45, 2.75) is 88.9 Å². The first-order chi connectivity index (χ1) is 63.2. The molecular weight excluding hydrogens is 1810 g/mol. The summed E-state index contributed by atoms with van der Waals surface area (Å²) >= 11 is 0. The second kappa shape index (κ2) is 35.3. The molecule has 10 atom stereocenters. The summed E-state index contributed by atoms with van der Waals surface area (Å²) in [4.78, 5) is 120. The highest BCUT2D eigenvalue weighted by atomic mass is 17.2. The number of hydrogen-bond acceptors (Lipinski definition) is 50. The van der Waals surface area contributed by atoms with Gasteiger partial charge in [0.2, 0.25) is 70.4 Å². The van der Waals surface area contributed by atoms with E-state index in [0.29, 0.717) is 48.5 Å². The summed E-state index contributed by atoms with van der Waals surface area (Å²) < 4.78 is 56.9. The van der Waals surface area contributed by atoms with Gasteiger partial charge >= 0.3 is 41.8 Å². The SMILES string of the molecule is CC(=O)OC1OC2CCOOc3cc(O)c(O)c(O)c3-c3c(cc(O)c(O)c3O)OC(=O)C2C2OC(=O)c3cc(O)c(O)c(O)c3-c3c(cc(O)c(O)c3O)C(=O)OC12.Cc1cc(O)c(O)c(O)c1Oc1cc(C(=O)OC2OC3CCc4cc(O)c(O)c(O)c4-c4c(cc(O)c(O)c4O)OC(=O)C3C(OOCc3cc(O)c(O)c(O)c3)C2OC(=O)c2cc(O)c(O)c(O)c2)cc(O)c1O. The van der Waals surface area contributed by atoms with Crippen LogP contribution in [0.5, 0.6) is 195 Å². The Bertz CT molecular complexity index is 6550. The van der Waals surface area contributed by atoms with Gasteiger partial charge in [-0.05, 0) is 97.1 Å². The lowest BCUT2D eigenvalue weighted by molar-refractivity contribution is -0.387. The molecule has 0 bridgehead atoms. The van der Waals surface area contributed by atoms with Crippen LogP contribution in [0, 0.1) is 18.8 Å². The van der Waals surface area contributed by atoms with Crippen LogP contribution in [0.15, 0.2) is 78.9 Å². The maximum Gasteiger partial charge on any atom is 0.340 e. The van der Waals surface area contributed by atoms with Crippen LogP contribution in [0.4, 0.5) is 0 Å². The minimum absolute atomic E-state index is 0.0451. The molecule has 0 aromatic heterocycles. The highest BCUT2D eigenvalue weighted by Crippen LogP contribution is 2.61. The number of carbonyl (C=O) groups is 7. The number of fused-ring (bicyclic) bond motifs is 13. The van der Waals surface area contributed by atoms with E-state index >= 15 is 0 Å². The van der Waals surface area contributed by atoms with E-state index in [9.17, 15) is 182 Å². The fourth-order valence-corrected chi connectivity index (χ4v) is 14.9. The number of benzene rings is 10. The van der Waals surface area contributed by atoms with E-state index in [-0.39, 0.29) is 16.7 Å². The topological polar surface area (TPSA) is 835 Å². The van der Waals surface area contributed by atoms with Crippen molar-refractivity contribution in [1.82, 2.24) is 0 Å². The van der Waals surface area contributed by atoms with Crippen molar-refractivity contribution >= 4 is 41.8 Å². The molecule has 0 radical (unpaired) electrons. The zero-order valence-electron chi connectivity index (χ0n) is 67.4. The number of phenolic OH excluding ortho intramolecular Hbond substituents is 29. The summed E-state index contributed by atoms with van der Waals surface area (Å²) in [5, 5.41) is 305. The normalized spacial score (nSPS) is 19.6. The Hall–Kier alpha value is -17.9. The van der Waals surface area contributed by atoms with Crippen molar-refractivity contribution in [3.63, 3.8) is 0 Å². The molecule has 0 saturated carbocycles. The molecule has 2 fully saturated rings. The van der Waals surface area contributed by atoms with Gasteiger partial charge in [-0.1, -0.05) is 0 Å². The molecule has 5 aliphatic rings. The van der Waals surface area contributed by atoms with Crippen molar-refractivity contribution in [2.24, 2.45) is 11.8 Å². The standard InChI is InChI=1S/C48H40O27.C36H28O23/c1-14-4-19(49)38(62)41(65)42(14)70-29-11-18(10-24(54)35(29)59)46(67)74-48-44(73-45(66)17-8-22(52)34(58)23(53)9-17)43(75-69-13-15-5-20(50)33(57)21(51)6-15)32-27(72-48)3-2-16-7-25(55)36(60)39(63)30(16)31-28(71-47(32)68)12-26(56)37(61)40(31)64;1-8(37)54-36-32-31(57-33(50)9-4-11(38)23(42)27(46)18(9)19-10(34(51)58-32)5-12(39)24(43)28(19)47)22-15(56-36)2-3-53-59-17-7-14(41)26(45)30(49)21(17)20-16(55-35(22)52)6-13(40)25(44)29(20)48/h4-12,27,32,43-44,48-65H,2-3,13H2,1H3;4-7,15,22,31-32,36,38-49H,2-3H2,1H3. The minimum Gasteiger partial charge on any atom is -0.504 e. The summed E-state index contributed by atoms with van der Waals surface area (Å²) in [7, 11) is 0. The average molecular weight is 1880 g/mol. The predicted octanol–water partition coefficient (Wildman–Crippen LogP) is 6.02. The lowest BCUT2D eigenvalue weighted by Gasteiger charge is -2.44. The maximum absolute atomic E-state index is 14.8. The average Bonchev–Trinajstić information content (AvgIpc) is 0.744.